The Hall–Kier alpha value is -1.09. The molecule has 0 fully saturated rings. The summed E-state index contributed by atoms with van der Waals surface area (Å²) in [6.07, 6.45) is 1.77. The fourth-order valence-corrected chi connectivity index (χ4v) is 1.00. The van der Waals surface area contributed by atoms with Crippen LogP contribution >= 0.6 is 0 Å². The Morgan fingerprint density at radius 1 is 1.36 bits per heavy atom. The van der Waals surface area contributed by atoms with Gasteiger partial charge in [0.2, 0.25) is 0 Å². The van der Waals surface area contributed by atoms with Crippen molar-refractivity contribution in [2.45, 2.75) is 26.4 Å². The molecule has 0 aliphatic carbocycles. The summed E-state index contributed by atoms with van der Waals surface area (Å²) in [6, 6.07) is 5.80. The van der Waals surface area contributed by atoms with Crippen molar-refractivity contribution in [2.24, 2.45) is 0 Å². The minimum atomic E-state index is -0.0637. The van der Waals surface area contributed by atoms with Gasteiger partial charge in [0.15, 0.2) is 0 Å². The highest BCUT2D eigenvalue weighted by atomic mass is 16.5. The van der Waals surface area contributed by atoms with Crippen LogP contribution in [0.15, 0.2) is 24.4 Å². The predicted molar refractivity (Wildman–Crippen MR) is 58.4 cm³/mol. The lowest BCUT2D eigenvalue weighted by molar-refractivity contribution is 0.00331. The van der Waals surface area contributed by atoms with Gasteiger partial charge < -0.3 is 10.1 Å². The van der Waals surface area contributed by atoms with E-state index in [4.69, 9.17) is 4.74 Å². The molecule has 14 heavy (non-hydrogen) atoms. The number of anilines is 1. The van der Waals surface area contributed by atoms with Gasteiger partial charge in [-0.15, -0.1) is 0 Å². The lowest BCUT2D eigenvalue weighted by Crippen LogP contribution is -2.23. The number of hydrogen-bond donors (Lipinski definition) is 1. The average molecular weight is 194 g/mol. The zero-order valence-electron chi connectivity index (χ0n) is 9.08. The third kappa shape index (κ3) is 4.82. The average Bonchev–Trinajstić information content (AvgIpc) is 2.13. The van der Waals surface area contributed by atoms with Gasteiger partial charge in [0, 0.05) is 12.7 Å². The van der Waals surface area contributed by atoms with Crippen molar-refractivity contribution in [1.82, 2.24) is 4.98 Å². The van der Waals surface area contributed by atoms with Crippen molar-refractivity contribution < 1.29 is 4.74 Å². The van der Waals surface area contributed by atoms with Gasteiger partial charge in [-0.2, -0.15) is 0 Å². The molecular formula is C11H18N2O. The van der Waals surface area contributed by atoms with Gasteiger partial charge in [0.25, 0.3) is 0 Å². The van der Waals surface area contributed by atoms with E-state index in [1.165, 1.54) is 0 Å². The Labute approximate surface area is 85.5 Å². The molecule has 0 bridgehead atoms. The first-order chi connectivity index (χ1) is 6.58. The first-order valence-electron chi connectivity index (χ1n) is 4.87. The highest BCUT2D eigenvalue weighted by molar-refractivity contribution is 5.32. The topological polar surface area (TPSA) is 34.1 Å². The Morgan fingerprint density at radius 3 is 2.71 bits per heavy atom. The van der Waals surface area contributed by atoms with E-state index < -0.39 is 0 Å². The number of rotatable bonds is 4. The zero-order chi connectivity index (χ0) is 10.4. The van der Waals surface area contributed by atoms with Crippen LogP contribution in [0, 0.1) is 0 Å². The highest BCUT2D eigenvalue weighted by Gasteiger charge is 2.08. The van der Waals surface area contributed by atoms with Crippen LogP contribution in [0.1, 0.15) is 20.8 Å². The Bertz CT molecular complexity index is 254. The minimum absolute atomic E-state index is 0.0637. The second kappa shape index (κ2) is 4.96. The molecule has 0 aliphatic rings. The molecule has 0 saturated carbocycles. The van der Waals surface area contributed by atoms with Crippen LogP contribution in [0.25, 0.3) is 0 Å². The van der Waals surface area contributed by atoms with E-state index in [-0.39, 0.29) is 5.60 Å². The van der Waals surface area contributed by atoms with E-state index in [9.17, 15) is 0 Å². The van der Waals surface area contributed by atoms with Gasteiger partial charge in [-0.05, 0) is 32.9 Å². The molecule has 1 aromatic rings. The summed E-state index contributed by atoms with van der Waals surface area (Å²) in [6.45, 7) is 7.63. The molecule has 0 aromatic carbocycles. The maximum absolute atomic E-state index is 5.56. The molecule has 1 rings (SSSR count). The van der Waals surface area contributed by atoms with Crippen molar-refractivity contribution in [1.29, 1.82) is 0 Å². The van der Waals surface area contributed by atoms with E-state index >= 15 is 0 Å². The maximum atomic E-state index is 5.56. The summed E-state index contributed by atoms with van der Waals surface area (Å²) in [7, 11) is 0. The number of nitrogens with one attached hydrogen (secondary N) is 1. The summed E-state index contributed by atoms with van der Waals surface area (Å²) in [5.74, 6) is 0.894. The largest absolute Gasteiger partial charge is 0.374 e. The SMILES string of the molecule is CC(C)(C)OCCNc1ccccn1. The normalized spacial score (nSPS) is 11.4. The van der Waals surface area contributed by atoms with Crippen LogP contribution in [0.5, 0.6) is 0 Å². The highest BCUT2D eigenvalue weighted by Crippen LogP contribution is 2.06. The second-order valence-electron chi connectivity index (χ2n) is 4.10. The van der Waals surface area contributed by atoms with E-state index in [0.717, 1.165) is 12.4 Å². The Balaban J connectivity index is 2.17. The predicted octanol–water partition coefficient (Wildman–Crippen LogP) is 2.31. The van der Waals surface area contributed by atoms with Crippen LogP contribution in [0.4, 0.5) is 5.82 Å². The van der Waals surface area contributed by atoms with Crippen LogP contribution in [-0.2, 0) is 4.74 Å². The molecule has 3 heteroatoms. The first-order valence-corrected chi connectivity index (χ1v) is 4.87. The number of nitrogens with zero attached hydrogens (tertiary/aromatic N) is 1. The van der Waals surface area contributed by atoms with Gasteiger partial charge in [-0.25, -0.2) is 4.98 Å². The van der Waals surface area contributed by atoms with Crippen LogP contribution in [0.3, 0.4) is 0 Å². The zero-order valence-corrected chi connectivity index (χ0v) is 9.08. The monoisotopic (exact) mass is 194 g/mol. The summed E-state index contributed by atoms with van der Waals surface area (Å²) < 4.78 is 5.56. The molecule has 0 saturated heterocycles. The molecule has 0 aliphatic heterocycles. The third-order valence-electron chi connectivity index (χ3n) is 1.61. The lowest BCUT2D eigenvalue weighted by atomic mass is 10.2. The quantitative estimate of drug-likeness (QED) is 0.747. The van der Waals surface area contributed by atoms with E-state index in [2.05, 4.69) is 10.3 Å². The standard InChI is InChI=1S/C11H18N2O/c1-11(2,3)14-9-8-13-10-6-4-5-7-12-10/h4-7H,8-9H2,1-3H3,(H,12,13). The molecule has 1 heterocycles. The van der Waals surface area contributed by atoms with Crippen molar-refractivity contribution in [3.63, 3.8) is 0 Å². The molecule has 0 radical (unpaired) electrons. The third-order valence-corrected chi connectivity index (χ3v) is 1.61. The van der Waals surface area contributed by atoms with Crippen LogP contribution < -0.4 is 5.32 Å². The Kier molecular flexibility index (Phi) is 3.89. The fraction of sp³-hybridized carbons (Fsp3) is 0.545. The first kappa shape index (κ1) is 11.0. The van der Waals surface area contributed by atoms with E-state index in [0.29, 0.717) is 6.61 Å². The maximum Gasteiger partial charge on any atom is 0.125 e. The molecule has 0 spiro atoms. The summed E-state index contributed by atoms with van der Waals surface area (Å²) in [4.78, 5) is 4.15. The summed E-state index contributed by atoms with van der Waals surface area (Å²) in [5, 5.41) is 3.18. The number of pyridine rings is 1. The van der Waals surface area contributed by atoms with E-state index in [1.807, 2.05) is 39.0 Å². The van der Waals surface area contributed by atoms with Crippen molar-refractivity contribution in [3.8, 4) is 0 Å². The molecule has 1 N–H and O–H groups in total. The van der Waals surface area contributed by atoms with Gasteiger partial charge in [-0.3, -0.25) is 0 Å². The van der Waals surface area contributed by atoms with Gasteiger partial charge in [-0.1, -0.05) is 6.07 Å². The molecular weight excluding hydrogens is 176 g/mol. The van der Waals surface area contributed by atoms with Crippen molar-refractivity contribution >= 4 is 5.82 Å². The van der Waals surface area contributed by atoms with Crippen LogP contribution in [0.2, 0.25) is 0 Å². The molecule has 0 unspecified atom stereocenters. The van der Waals surface area contributed by atoms with Gasteiger partial charge in [0.1, 0.15) is 5.82 Å². The van der Waals surface area contributed by atoms with Crippen molar-refractivity contribution in [2.75, 3.05) is 18.5 Å². The lowest BCUT2D eigenvalue weighted by Gasteiger charge is -2.19. The van der Waals surface area contributed by atoms with Crippen molar-refractivity contribution in [3.05, 3.63) is 24.4 Å². The second-order valence-corrected chi connectivity index (χ2v) is 4.10. The number of aromatic nitrogens is 1. The number of ether oxygens (including phenoxy) is 1. The minimum Gasteiger partial charge on any atom is -0.374 e. The molecule has 3 nitrogen and oxygen atoms in total. The molecule has 78 valence electrons. The molecule has 1 aromatic heterocycles. The summed E-state index contributed by atoms with van der Waals surface area (Å²) in [5.41, 5.74) is -0.0637. The molecule has 0 amide bonds. The molecule has 0 atom stereocenters. The smallest absolute Gasteiger partial charge is 0.125 e. The summed E-state index contributed by atoms with van der Waals surface area (Å²) >= 11 is 0. The fourth-order valence-electron chi connectivity index (χ4n) is 1.00. The van der Waals surface area contributed by atoms with Crippen LogP contribution in [-0.4, -0.2) is 23.7 Å². The number of hydrogen-bond acceptors (Lipinski definition) is 3. The van der Waals surface area contributed by atoms with Gasteiger partial charge >= 0.3 is 0 Å². The van der Waals surface area contributed by atoms with Gasteiger partial charge in [0.05, 0.1) is 12.2 Å². The van der Waals surface area contributed by atoms with E-state index in [1.54, 1.807) is 6.20 Å². The Morgan fingerprint density at radius 2 is 2.14 bits per heavy atom.